The zero-order valence-corrected chi connectivity index (χ0v) is 11.3. The fourth-order valence-electron chi connectivity index (χ4n) is 2.20. The number of nitrogens with one attached hydrogen (secondary N) is 2. The number of aromatic amines is 1. The van der Waals surface area contributed by atoms with Crippen LogP contribution in [-0.4, -0.2) is 15.9 Å². The van der Waals surface area contributed by atoms with Crippen LogP contribution in [0, 0.1) is 5.82 Å². The van der Waals surface area contributed by atoms with Crippen LogP contribution >= 0.6 is 0 Å². The highest BCUT2D eigenvalue weighted by Crippen LogP contribution is 2.16. The second kappa shape index (κ2) is 5.75. The van der Waals surface area contributed by atoms with Gasteiger partial charge in [-0.1, -0.05) is 12.1 Å². The molecule has 4 nitrogen and oxygen atoms in total. The topological polar surface area (TPSA) is 57.8 Å². The van der Waals surface area contributed by atoms with Crippen LogP contribution in [0.3, 0.4) is 0 Å². The second-order valence-corrected chi connectivity index (χ2v) is 4.79. The number of amides is 1. The SMILES string of the molecule is O=C(Cc1c[nH]c2ncccc12)NCc1ccc(F)cc1. The van der Waals surface area contributed by atoms with Gasteiger partial charge in [0.1, 0.15) is 11.5 Å². The van der Waals surface area contributed by atoms with Crippen molar-refractivity contribution in [3.8, 4) is 0 Å². The third-order valence-electron chi connectivity index (χ3n) is 3.29. The Bertz CT molecular complexity index is 765. The van der Waals surface area contributed by atoms with E-state index in [0.717, 1.165) is 22.2 Å². The van der Waals surface area contributed by atoms with Gasteiger partial charge in [0.25, 0.3) is 0 Å². The molecule has 0 radical (unpaired) electrons. The molecule has 2 N–H and O–H groups in total. The zero-order chi connectivity index (χ0) is 14.7. The number of hydrogen-bond acceptors (Lipinski definition) is 2. The maximum atomic E-state index is 12.8. The van der Waals surface area contributed by atoms with Crippen LogP contribution in [0.4, 0.5) is 4.39 Å². The predicted molar refractivity (Wildman–Crippen MR) is 78.0 cm³/mol. The Morgan fingerprint density at radius 3 is 2.86 bits per heavy atom. The summed E-state index contributed by atoms with van der Waals surface area (Å²) in [4.78, 5) is 19.2. The average Bonchev–Trinajstić information content (AvgIpc) is 2.90. The molecule has 0 saturated carbocycles. The first-order valence-electron chi connectivity index (χ1n) is 6.64. The molecule has 0 aliphatic heterocycles. The first-order chi connectivity index (χ1) is 10.2. The molecule has 106 valence electrons. The van der Waals surface area contributed by atoms with Crippen LogP contribution in [0.15, 0.2) is 48.8 Å². The monoisotopic (exact) mass is 283 g/mol. The highest BCUT2D eigenvalue weighted by atomic mass is 19.1. The van der Waals surface area contributed by atoms with Crippen LogP contribution in [0.25, 0.3) is 11.0 Å². The summed E-state index contributed by atoms with van der Waals surface area (Å²) < 4.78 is 12.8. The Labute approximate surface area is 121 Å². The number of fused-ring (bicyclic) bond motifs is 1. The van der Waals surface area contributed by atoms with Gasteiger partial charge in [-0.3, -0.25) is 4.79 Å². The van der Waals surface area contributed by atoms with Crippen molar-refractivity contribution in [2.45, 2.75) is 13.0 Å². The van der Waals surface area contributed by atoms with Crippen molar-refractivity contribution in [1.29, 1.82) is 0 Å². The third kappa shape index (κ3) is 3.08. The minimum absolute atomic E-state index is 0.0796. The number of benzene rings is 1. The number of pyridine rings is 1. The summed E-state index contributed by atoms with van der Waals surface area (Å²) in [7, 11) is 0. The lowest BCUT2D eigenvalue weighted by Crippen LogP contribution is -2.24. The lowest BCUT2D eigenvalue weighted by Gasteiger charge is -2.05. The van der Waals surface area contributed by atoms with Gasteiger partial charge >= 0.3 is 0 Å². The van der Waals surface area contributed by atoms with E-state index < -0.39 is 0 Å². The molecule has 0 aliphatic rings. The second-order valence-electron chi connectivity index (χ2n) is 4.79. The molecule has 2 heterocycles. The van der Waals surface area contributed by atoms with Crippen LogP contribution in [0.2, 0.25) is 0 Å². The molecule has 0 spiro atoms. The van der Waals surface area contributed by atoms with Gasteiger partial charge in [0.05, 0.1) is 6.42 Å². The molecule has 3 aromatic rings. The lowest BCUT2D eigenvalue weighted by molar-refractivity contribution is -0.120. The summed E-state index contributed by atoms with van der Waals surface area (Å²) in [6.07, 6.45) is 3.79. The summed E-state index contributed by atoms with van der Waals surface area (Å²) in [5.41, 5.74) is 2.55. The standard InChI is InChI=1S/C16H14FN3O/c17-13-5-3-11(4-6-13)9-19-15(21)8-12-10-20-16-14(12)2-1-7-18-16/h1-7,10H,8-9H2,(H,18,20)(H,19,21). The van der Waals surface area contributed by atoms with Gasteiger partial charge in [-0.05, 0) is 35.4 Å². The Kier molecular flexibility index (Phi) is 3.64. The Morgan fingerprint density at radius 1 is 1.24 bits per heavy atom. The van der Waals surface area contributed by atoms with Crippen molar-refractivity contribution in [2.75, 3.05) is 0 Å². The maximum absolute atomic E-state index is 12.8. The maximum Gasteiger partial charge on any atom is 0.224 e. The third-order valence-corrected chi connectivity index (χ3v) is 3.29. The summed E-state index contributed by atoms with van der Waals surface area (Å²) in [6.45, 7) is 0.389. The highest BCUT2D eigenvalue weighted by Gasteiger charge is 2.08. The number of H-pyrrole nitrogens is 1. The van der Waals surface area contributed by atoms with E-state index in [4.69, 9.17) is 0 Å². The van der Waals surface area contributed by atoms with Gasteiger partial charge in [0.15, 0.2) is 0 Å². The van der Waals surface area contributed by atoms with Crippen molar-refractivity contribution >= 4 is 16.9 Å². The average molecular weight is 283 g/mol. The number of rotatable bonds is 4. The molecule has 0 atom stereocenters. The van der Waals surface area contributed by atoms with E-state index in [-0.39, 0.29) is 18.1 Å². The fourth-order valence-corrected chi connectivity index (χ4v) is 2.20. The largest absolute Gasteiger partial charge is 0.352 e. The first-order valence-corrected chi connectivity index (χ1v) is 6.64. The van der Waals surface area contributed by atoms with E-state index >= 15 is 0 Å². The normalized spacial score (nSPS) is 10.7. The molecule has 0 aliphatic carbocycles. The number of carbonyl (C=O) groups excluding carboxylic acids is 1. The van der Waals surface area contributed by atoms with Crippen molar-refractivity contribution in [1.82, 2.24) is 15.3 Å². The van der Waals surface area contributed by atoms with E-state index in [1.54, 1.807) is 24.5 Å². The molecule has 1 aromatic carbocycles. The van der Waals surface area contributed by atoms with Gasteiger partial charge in [-0.2, -0.15) is 0 Å². The van der Waals surface area contributed by atoms with Crippen molar-refractivity contribution in [2.24, 2.45) is 0 Å². The summed E-state index contributed by atoms with van der Waals surface area (Å²) in [6, 6.07) is 9.85. The first kappa shape index (κ1) is 13.3. The molecule has 0 bridgehead atoms. The zero-order valence-electron chi connectivity index (χ0n) is 11.3. The van der Waals surface area contributed by atoms with E-state index in [2.05, 4.69) is 15.3 Å². The van der Waals surface area contributed by atoms with Gasteiger partial charge in [0, 0.05) is 24.3 Å². The van der Waals surface area contributed by atoms with E-state index in [0.29, 0.717) is 6.54 Å². The van der Waals surface area contributed by atoms with Crippen LogP contribution in [0.5, 0.6) is 0 Å². The van der Waals surface area contributed by atoms with E-state index in [9.17, 15) is 9.18 Å². The molecule has 1 amide bonds. The fraction of sp³-hybridized carbons (Fsp3) is 0.125. The van der Waals surface area contributed by atoms with E-state index in [1.807, 2.05) is 12.1 Å². The minimum Gasteiger partial charge on any atom is -0.352 e. The number of halogens is 1. The molecule has 3 rings (SSSR count). The van der Waals surface area contributed by atoms with Crippen molar-refractivity contribution < 1.29 is 9.18 Å². The molecular weight excluding hydrogens is 269 g/mol. The predicted octanol–water partition coefficient (Wildman–Crippen LogP) is 2.56. The molecule has 5 heteroatoms. The summed E-state index contributed by atoms with van der Waals surface area (Å²) in [5.74, 6) is -0.361. The number of nitrogens with zero attached hydrogens (tertiary/aromatic N) is 1. The molecule has 21 heavy (non-hydrogen) atoms. The Balaban J connectivity index is 1.62. The molecule has 0 unspecified atom stereocenters. The summed E-state index contributed by atoms with van der Waals surface area (Å²) >= 11 is 0. The highest BCUT2D eigenvalue weighted by molar-refractivity contribution is 5.87. The number of hydrogen-bond donors (Lipinski definition) is 2. The minimum atomic E-state index is -0.281. The number of carbonyl (C=O) groups is 1. The lowest BCUT2D eigenvalue weighted by atomic mass is 10.1. The molecule has 0 saturated heterocycles. The van der Waals surface area contributed by atoms with Crippen LogP contribution in [-0.2, 0) is 17.8 Å². The molecular formula is C16H14FN3O. The van der Waals surface area contributed by atoms with Crippen molar-refractivity contribution in [3.63, 3.8) is 0 Å². The summed E-state index contributed by atoms with van der Waals surface area (Å²) in [5, 5.41) is 3.78. The van der Waals surface area contributed by atoms with Gasteiger partial charge in [0.2, 0.25) is 5.91 Å². The number of aromatic nitrogens is 2. The van der Waals surface area contributed by atoms with Crippen molar-refractivity contribution in [3.05, 3.63) is 65.7 Å². The van der Waals surface area contributed by atoms with Crippen LogP contribution in [0.1, 0.15) is 11.1 Å². The Morgan fingerprint density at radius 2 is 2.05 bits per heavy atom. The Hall–Kier alpha value is -2.69. The molecule has 0 fully saturated rings. The quantitative estimate of drug-likeness (QED) is 0.773. The van der Waals surface area contributed by atoms with Gasteiger partial charge < -0.3 is 10.3 Å². The van der Waals surface area contributed by atoms with E-state index in [1.165, 1.54) is 12.1 Å². The smallest absolute Gasteiger partial charge is 0.224 e. The van der Waals surface area contributed by atoms with Gasteiger partial charge in [-0.25, -0.2) is 9.37 Å². The molecule has 2 aromatic heterocycles. The van der Waals surface area contributed by atoms with Gasteiger partial charge in [-0.15, -0.1) is 0 Å². The van der Waals surface area contributed by atoms with Crippen LogP contribution < -0.4 is 5.32 Å².